The minimum atomic E-state index is -0.129. The van der Waals surface area contributed by atoms with E-state index in [0.717, 1.165) is 22.8 Å². The van der Waals surface area contributed by atoms with E-state index in [1.165, 1.54) is 11.8 Å². The van der Waals surface area contributed by atoms with E-state index >= 15 is 0 Å². The maximum atomic E-state index is 12.7. The molecule has 172 valence electrons. The number of para-hydroxylation sites is 2. The van der Waals surface area contributed by atoms with Gasteiger partial charge in [0.25, 0.3) is 0 Å². The fourth-order valence-electron chi connectivity index (χ4n) is 3.51. The van der Waals surface area contributed by atoms with Crippen LogP contribution in [0.4, 0.5) is 5.69 Å². The molecule has 1 aromatic heterocycles. The third-order valence-corrected chi connectivity index (χ3v) is 6.06. The molecule has 0 aliphatic heterocycles. The second-order valence-corrected chi connectivity index (χ2v) is 8.56. The number of hydrogen-bond acceptors (Lipinski definition) is 5. The SMILES string of the molecule is O=C(CSc1nnc(-c2ccccc2)n1-c1ccccc1)Nc1ccc(Oc2ccccc2)cc1. The van der Waals surface area contributed by atoms with Crippen molar-refractivity contribution in [2.75, 3.05) is 11.1 Å². The number of anilines is 1. The zero-order chi connectivity index (χ0) is 23.9. The number of benzene rings is 4. The molecule has 1 N–H and O–H groups in total. The Kier molecular flexibility index (Phi) is 6.87. The third kappa shape index (κ3) is 5.59. The molecule has 0 radical (unpaired) electrons. The number of rotatable bonds is 8. The normalized spacial score (nSPS) is 10.6. The van der Waals surface area contributed by atoms with Gasteiger partial charge in [-0.15, -0.1) is 10.2 Å². The van der Waals surface area contributed by atoms with Gasteiger partial charge in [0, 0.05) is 16.9 Å². The van der Waals surface area contributed by atoms with Crippen molar-refractivity contribution in [1.82, 2.24) is 14.8 Å². The van der Waals surface area contributed by atoms with Gasteiger partial charge < -0.3 is 10.1 Å². The maximum Gasteiger partial charge on any atom is 0.234 e. The van der Waals surface area contributed by atoms with Gasteiger partial charge in [-0.05, 0) is 48.5 Å². The van der Waals surface area contributed by atoms with Gasteiger partial charge in [-0.3, -0.25) is 9.36 Å². The summed E-state index contributed by atoms with van der Waals surface area (Å²) in [6.45, 7) is 0. The molecule has 0 aliphatic rings. The third-order valence-electron chi connectivity index (χ3n) is 5.13. The van der Waals surface area contributed by atoms with Crippen LogP contribution in [0.5, 0.6) is 11.5 Å². The molecule has 0 aliphatic carbocycles. The van der Waals surface area contributed by atoms with Crippen LogP contribution in [-0.4, -0.2) is 26.4 Å². The first kappa shape index (κ1) is 22.4. The number of nitrogens with zero attached hydrogens (tertiary/aromatic N) is 3. The Morgan fingerprint density at radius 1 is 0.743 bits per heavy atom. The Morgan fingerprint density at radius 3 is 2.03 bits per heavy atom. The van der Waals surface area contributed by atoms with E-state index in [2.05, 4.69) is 15.5 Å². The number of amides is 1. The Bertz CT molecular complexity index is 1390. The predicted octanol–water partition coefficient (Wildman–Crippen LogP) is 6.46. The van der Waals surface area contributed by atoms with Crippen LogP contribution in [0, 0.1) is 0 Å². The van der Waals surface area contributed by atoms with Crippen LogP contribution in [0.3, 0.4) is 0 Å². The maximum absolute atomic E-state index is 12.7. The molecule has 0 atom stereocenters. The van der Waals surface area contributed by atoms with Gasteiger partial charge in [-0.1, -0.05) is 78.5 Å². The second-order valence-electron chi connectivity index (χ2n) is 7.62. The van der Waals surface area contributed by atoms with Crippen molar-refractivity contribution in [1.29, 1.82) is 0 Å². The molecule has 4 aromatic carbocycles. The average molecular weight is 479 g/mol. The number of carbonyl (C=O) groups is 1. The summed E-state index contributed by atoms with van der Waals surface area (Å²) in [5, 5.41) is 12.4. The summed E-state index contributed by atoms with van der Waals surface area (Å²) < 4.78 is 7.78. The van der Waals surface area contributed by atoms with Crippen LogP contribution in [0.2, 0.25) is 0 Å². The summed E-state index contributed by atoms with van der Waals surface area (Å²) in [5.41, 5.74) is 2.59. The number of nitrogens with one attached hydrogen (secondary N) is 1. The molecule has 0 spiro atoms. The van der Waals surface area contributed by atoms with Crippen molar-refractivity contribution in [2.24, 2.45) is 0 Å². The quantitative estimate of drug-likeness (QED) is 0.259. The highest BCUT2D eigenvalue weighted by molar-refractivity contribution is 7.99. The summed E-state index contributed by atoms with van der Waals surface area (Å²) >= 11 is 1.34. The van der Waals surface area contributed by atoms with Gasteiger partial charge in [0.15, 0.2) is 11.0 Å². The van der Waals surface area contributed by atoms with Gasteiger partial charge in [0.05, 0.1) is 5.75 Å². The number of aromatic nitrogens is 3. The van der Waals surface area contributed by atoms with Gasteiger partial charge in [0.1, 0.15) is 11.5 Å². The number of ether oxygens (including phenoxy) is 1. The van der Waals surface area contributed by atoms with Crippen LogP contribution < -0.4 is 10.1 Å². The average Bonchev–Trinajstić information content (AvgIpc) is 3.34. The lowest BCUT2D eigenvalue weighted by Gasteiger charge is -2.11. The van der Waals surface area contributed by atoms with E-state index in [4.69, 9.17) is 4.74 Å². The summed E-state index contributed by atoms with van der Waals surface area (Å²) in [6, 6.07) is 36.7. The first-order chi connectivity index (χ1) is 17.3. The van der Waals surface area contributed by atoms with Gasteiger partial charge in [-0.25, -0.2) is 0 Å². The van der Waals surface area contributed by atoms with Gasteiger partial charge in [-0.2, -0.15) is 0 Å². The highest BCUT2D eigenvalue weighted by atomic mass is 32.2. The Morgan fingerprint density at radius 2 is 1.34 bits per heavy atom. The molecule has 5 aromatic rings. The summed E-state index contributed by atoms with van der Waals surface area (Å²) in [5.74, 6) is 2.26. The minimum absolute atomic E-state index is 0.129. The van der Waals surface area contributed by atoms with Crippen molar-refractivity contribution in [3.05, 3.63) is 115 Å². The van der Waals surface area contributed by atoms with E-state index in [1.54, 1.807) is 0 Å². The van der Waals surface area contributed by atoms with E-state index < -0.39 is 0 Å². The number of carbonyl (C=O) groups excluding carboxylic acids is 1. The van der Waals surface area contributed by atoms with E-state index in [9.17, 15) is 4.79 Å². The molecule has 0 fully saturated rings. The molecule has 1 amide bonds. The highest BCUT2D eigenvalue weighted by Gasteiger charge is 2.17. The van der Waals surface area contributed by atoms with Crippen molar-refractivity contribution in [2.45, 2.75) is 5.16 Å². The second kappa shape index (κ2) is 10.7. The highest BCUT2D eigenvalue weighted by Crippen LogP contribution is 2.28. The Hall–Kier alpha value is -4.36. The summed E-state index contributed by atoms with van der Waals surface area (Å²) in [4.78, 5) is 12.7. The fourth-order valence-corrected chi connectivity index (χ4v) is 4.26. The Labute approximate surface area is 207 Å². The lowest BCUT2D eigenvalue weighted by Crippen LogP contribution is -2.14. The van der Waals surface area contributed by atoms with Crippen molar-refractivity contribution < 1.29 is 9.53 Å². The number of thioether (sulfide) groups is 1. The fraction of sp³-hybridized carbons (Fsp3) is 0.0357. The first-order valence-electron chi connectivity index (χ1n) is 11.1. The first-order valence-corrected chi connectivity index (χ1v) is 12.1. The number of hydrogen-bond donors (Lipinski definition) is 1. The van der Waals surface area contributed by atoms with Crippen molar-refractivity contribution in [3.8, 4) is 28.6 Å². The van der Waals surface area contributed by atoms with Gasteiger partial charge in [0.2, 0.25) is 5.91 Å². The zero-order valence-corrected chi connectivity index (χ0v) is 19.6. The lowest BCUT2D eigenvalue weighted by molar-refractivity contribution is -0.113. The monoisotopic (exact) mass is 478 g/mol. The van der Waals surface area contributed by atoms with Crippen LogP contribution in [0.1, 0.15) is 0 Å². The van der Waals surface area contributed by atoms with Crippen molar-refractivity contribution in [3.63, 3.8) is 0 Å². The molecule has 0 bridgehead atoms. The van der Waals surface area contributed by atoms with Crippen LogP contribution in [0.15, 0.2) is 120 Å². The van der Waals surface area contributed by atoms with Crippen LogP contribution in [0.25, 0.3) is 17.1 Å². The van der Waals surface area contributed by atoms with Gasteiger partial charge >= 0.3 is 0 Å². The zero-order valence-electron chi connectivity index (χ0n) is 18.7. The lowest BCUT2D eigenvalue weighted by atomic mass is 10.2. The molecule has 0 saturated carbocycles. The summed E-state index contributed by atoms with van der Waals surface area (Å²) in [7, 11) is 0. The molecular formula is C28H22N4O2S. The van der Waals surface area contributed by atoms with E-state index in [0.29, 0.717) is 16.6 Å². The molecule has 1 heterocycles. The molecular weight excluding hydrogens is 456 g/mol. The van der Waals surface area contributed by atoms with Crippen molar-refractivity contribution >= 4 is 23.4 Å². The van der Waals surface area contributed by atoms with Crippen LogP contribution >= 0.6 is 11.8 Å². The molecule has 6 nitrogen and oxygen atoms in total. The minimum Gasteiger partial charge on any atom is -0.457 e. The van der Waals surface area contributed by atoms with Crippen LogP contribution in [-0.2, 0) is 4.79 Å². The topological polar surface area (TPSA) is 69.0 Å². The standard InChI is InChI=1S/C28H22N4O2S/c33-26(29-22-16-18-25(19-17-22)34-24-14-8-3-9-15-24)20-35-28-31-30-27(21-10-4-1-5-11-21)32(28)23-12-6-2-7-13-23/h1-19H,20H2,(H,29,33). The molecule has 0 saturated heterocycles. The summed E-state index contributed by atoms with van der Waals surface area (Å²) in [6.07, 6.45) is 0. The predicted molar refractivity (Wildman–Crippen MR) is 139 cm³/mol. The largest absolute Gasteiger partial charge is 0.457 e. The Balaban J connectivity index is 1.26. The molecule has 0 unspecified atom stereocenters. The van der Waals surface area contributed by atoms with E-state index in [1.807, 2.05) is 120 Å². The molecule has 5 rings (SSSR count). The molecule has 35 heavy (non-hydrogen) atoms. The molecule has 7 heteroatoms. The smallest absolute Gasteiger partial charge is 0.234 e. The van der Waals surface area contributed by atoms with E-state index in [-0.39, 0.29) is 11.7 Å².